The van der Waals surface area contributed by atoms with Crippen LogP contribution in [0, 0.1) is 5.92 Å². The van der Waals surface area contributed by atoms with Crippen molar-refractivity contribution in [2.45, 2.75) is 32.9 Å². The summed E-state index contributed by atoms with van der Waals surface area (Å²) in [6, 6.07) is 8.06. The molecule has 0 aliphatic carbocycles. The van der Waals surface area contributed by atoms with Crippen molar-refractivity contribution in [1.82, 2.24) is 14.5 Å². The Morgan fingerprint density at radius 3 is 2.57 bits per heavy atom. The molecule has 1 N–H and O–H groups in total. The number of carboxylic acid groups (broad SMARTS) is 1. The molecule has 5 heteroatoms. The van der Waals surface area contributed by atoms with Crippen LogP contribution in [0.4, 0.5) is 0 Å². The lowest BCUT2D eigenvalue weighted by Crippen LogP contribution is -2.28. The third kappa shape index (κ3) is 3.24. The molecule has 0 fully saturated rings. The lowest BCUT2D eigenvalue weighted by molar-refractivity contribution is -0.137. The molecular weight excluding hydrogens is 266 g/mol. The molecule has 1 unspecified atom stereocenters. The summed E-state index contributed by atoms with van der Waals surface area (Å²) in [5, 5.41) is 8.99. The van der Waals surface area contributed by atoms with Crippen molar-refractivity contribution in [2.75, 3.05) is 14.1 Å². The van der Waals surface area contributed by atoms with E-state index in [4.69, 9.17) is 10.1 Å². The number of rotatable bonds is 6. The molecule has 0 aliphatic heterocycles. The van der Waals surface area contributed by atoms with E-state index in [0.29, 0.717) is 12.5 Å². The van der Waals surface area contributed by atoms with Gasteiger partial charge in [0, 0.05) is 6.54 Å². The second-order valence-electron chi connectivity index (χ2n) is 5.91. The van der Waals surface area contributed by atoms with Gasteiger partial charge in [0.05, 0.1) is 23.5 Å². The minimum atomic E-state index is -0.787. The standard InChI is InChI=1S/C16H23N3O2/c1-11(2)15(18(3)4)16-17-12-7-5-6-8-13(12)19(16)10-9-14(20)21/h5-8,11,15H,9-10H2,1-4H3,(H,20,21). The lowest BCUT2D eigenvalue weighted by Gasteiger charge is -2.28. The highest BCUT2D eigenvalue weighted by atomic mass is 16.4. The Kier molecular flexibility index (Phi) is 4.63. The van der Waals surface area contributed by atoms with Gasteiger partial charge in [0.25, 0.3) is 0 Å². The Morgan fingerprint density at radius 1 is 1.33 bits per heavy atom. The monoisotopic (exact) mass is 289 g/mol. The highest BCUT2D eigenvalue weighted by Gasteiger charge is 2.25. The third-order valence-electron chi connectivity index (χ3n) is 3.69. The van der Waals surface area contributed by atoms with Crippen LogP contribution in [0.5, 0.6) is 0 Å². The number of aryl methyl sites for hydroxylation is 1. The van der Waals surface area contributed by atoms with Crippen LogP contribution in [0.15, 0.2) is 24.3 Å². The predicted octanol–water partition coefficient (Wildman–Crippen LogP) is 2.77. The molecule has 0 saturated carbocycles. The molecule has 2 aromatic rings. The van der Waals surface area contributed by atoms with Gasteiger partial charge in [-0.1, -0.05) is 26.0 Å². The summed E-state index contributed by atoms with van der Waals surface area (Å²) in [5.74, 6) is 0.544. The molecule has 0 bridgehead atoms. The fourth-order valence-electron chi connectivity index (χ4n) is 2.89. The predicted molar refractivity (Wildman–Crippen MR) is 83.3 cm³/mol. The summed E-state index contributed by atoms with van der Waals surface area (Å²) in [5.41, 5.74) is 1.92. The van der Waals surface area contributed by atoms with Crippen molar-refractivity contribution in [3.63, 3.8) is 0 Å². The molecule has 2 rings (SSSR count). The maximum Gasteiger partial charge on any atom is 0.305 e. The van der Waals surface area contributed by atoms with Crippen molar-refractivity contribution < 1.29 is 9.90 Å². The number of imidazole rings is 1. The number of para-hydroxylation sites is 2. The fourth-order valence-corrected chi connectivity index (χ4v) is 2.89. The Hall–Kier alpha value is -1.88. The van der Waals surface area contributed by atoms with Crippen molar-refractivity contribution in [1.29, 1.82) is 0 Å². The Labute approximate surface area is 125 Å². The maximum atomic E-state index is 10.9. The van der Waals surface area contributed by atoms with Gasteiger partial charge in [-0.05, 0) is 32.1 Å². The molecule has 1 aromatic carbocycles. The first-order valence-electron chi connectivity index (χ1n) is 7.25. The fraction of sp³-hybridized carbons (Fsp3) is 0.500. The van der Waals surface area contributed by atoms with Crippen molar-refractivity contribution in [3.05, 3.63) is 30.1 Å². The van der Waals surface area contributed by atoms with Gasteiger partial charge in [0.2, 0.25) is 0 Å². The van der Waals surface area contributed by atoms with Crippen molar-refractivity contribution in [2.24, 2.45) is 5.92 Å². The zero-order valence-electron chi connectivity index (χ0n) is 13.1. The molecule has 21 heavy (non-hydrogen) atoms. The summed E-state index contributed by atoms with van der Waals surface area (Å²) in [4.78, 5) is 17.8. The average Bonchev–Trinajstić information content (AvgIpc) is 2.73. The zero-order valence-corrected chi connectivity index (χ0v) is 13.1. The average molecular weight is 289 g/mol. The van der Waals surface area contributed by atoms with E-state index in [-0.39, 0.29) is 12.5 Å². The quantitative estimate of drug-likeness (QED) is 0.888. The summed E-state index contributed by atoms with van der Waals surface area (Å²) in [6.45, 7) is 4.76. The van der Waals surface area contributed by atoms with E-state index in [9.17, 15) is 4.79 Å². The number of aromatic nitrogens is 2. The number of hydrogen-bond acceptors (Lipinski definition) is 3. The van der Waals surface area contributed by atoms with E-state index in [1.54, 1.807) is 0 Å². The highest BCUT2D eigenvalue weighted by Crippen LogP contribution is 2.29. The summed E-state index contributed by atoms with van der Waals surface area (Å²) in [7, 11) is 4.07. The first-order chi connectivity index (χ1) is 9.91. The second-order valence-corrected chi connectivity index (χ2v) is 5.91. The summed E-state index contributed by atoms with van der Waals surface area (Å²) in [6.07, 6.45) is 0.103. The second kappa shape index (κ2) is 6.26. The molecule has 5 nitrogen and oxygen atoms in total. The maximum absolute atomic E-state index is 10.9. The molecule has 0 saturated heterocycles. The van der Waals surface area contributed by atoms with E-state index < -0.39 is 5.97 Å². The van der Waals surface area contributed by atoms with Crippen LogP contribution in [0.3, 0.4) is 0 Å². The number of hydrogen-bond donors (Lipinski definition) is 1. The molecular formula is C16H23N3O2. The van der Waals surface area contributed by atoms with Crippen LogP contribution in [-0.4, -0.2) is 39.6 Å². The topological polar surface area (TPSA) is 58.4 Å². The van der Waals surface area contributed by atoms with Gasteiger partial charge in [-0.3, -0.25) is 9.69 Å². The Morgan fingerprint density at radius 2 is 2.00 bits per heavy atom. The number of carboxylic acids is 1. The number of carbonyl (C=O) groups is 1. The van der Waals surface area contributed by atoms with Crippen LogP contribution in [0.1, 0.15) is 32.1 Å². The first kappa shape index (κ1) is 15.5. The molecule has 114 valence electrons. The smallest absolute Gasteiger partial charge is 0.305 e. The van der Waals surface area contributed by atoms with E-state index >= 15 is 0 Å². The lowest BCUT2D eigenvalue weighted by atomic mass is 10.0. The molecule has 0 amide bonds. The van der Waals surface area contributed by atoms with E-state index in [0.717, 1.165) is 16.9 Å². The minimum absolute atomic E-state index is 0.103. The number of nitrogens with zero attached hydrogens (tertiary/aromatic N) is 3. The van der Waals surface area contributed by atoms with Crippen LogP contribution < -0.4 is 0 Å². The van der Waals surface area contributed by atoms with Crippen molar-refractivity contribution in [3.8, 4) is 0 Å². The molecule has 0 spiro atoms. The van der Waals surface area contributed by atoms with Gasteiger partial charge in [-0.15, -0.1) is 0 Å². The molecule has 1 aromatic heterocycles. The van der Waals surface area contributed by atoms with E-state index in [1.807, 2.05) is 42.9 Å². The number of fused-ring (bicyclic) bond motifs is 1. The highest BCUT2D eigenvalue weighted by molar-refractivity contribution is 5.76. The third-order valence-corrected chi connectivity index (χ3v) is 3.69. The molecule has 1 atom stereocenters. The molecule has 1 heterocycles. The zero-order chi connectivity index (χ0) is 15.6. The van der Waals surface area contributed by atoms with Crippen LogP contribution in [0.25, 0.3) is 11.0 Å². The minimum Gasteiger partial charge on any atom is -0.481 e. The van der Waals surface area contributed by atoms with Crippen LogP contribution in [-0.2, 0) is 11.3 Å². The van der Waals surface area contributed by atoms with Crippen LogP contribution >= 0.6 is 0 Å². The first-order valence-corrected chi connectivity index (χ1v) is 7.25. The van der Waals surface area contributed by atoms with Gasteiger partial charge >= 0.3 is 5.97 Å². The van der Waals surface area contributed by atoms with Crippen molar-refractivity contribution >= 4 is 17.0 Å². The largest absolute Gasteiger partial charge is 0.481 e. The van der Waals surface area contributed by atoms with Gasteiger partial charge in [-0.25, -0.2) is 4.98 Å². The van der Waals surface area contributed by atoms with E-state index in [2.05, 4.69) is 18.7 Å². The Bertz CT molecular complexity index is 623. The van der Waals surface area contributed by atoms with E-state index in [1.165, 1.54) is 0 Å². The van der Waals surface area contributed by atoms with Gasteiger partial charge in [-0.2, -0.15) is 0 Å². The van der Waals surface area contributed by atoms with Crippen LogP contribution in [0.2, 0.25) is 0 Å². The van der Waals surface area contributed by atoms with Gasteiger partial charge in [0.15, 0.2) is 0 Å². The summed E-state index contributed by atoms with van der Waals surface area (Å²) >= 11 is 0. The summed E-state index contributed by atoms with van der Waals surface area (Å²) < 4.78 is 2.05. The molecule has 0 radical (unpaired) electrons. The van der Waals surface area contributed by atoms with Gasteiger partial charge in [0.1, 0.15) is 5.82 Å². The number of aliphatic carboxylic acids is 1. The normalized spacial score (nSPS) is 13.2. The van der Waals surface area contributed by atoms with Gasteiger partial charge < -0.3 is 9.67 Å². The Balaban J connectivity index is 2.54. The SMILES string of the molecule is CC(C)C(c1nc2ccccc2n1CCC(=O)O)N(C)C. The molecule has 0 aliphatic rings. The number of benzene rings is 1.